The first-order valence-electron chi connectivity index (χ1n) is 5.88. The van der Waals surface area contributed by atoms with E-state index in [1.54, 1.807) is 36.4 Å². The second-order valence-electron chi connectivity index (χ2n) is 4.13. The second kappa shape index (κ2) is 5.84. The minimum Gasteiger partial charge on any atom is -0.497 e. The van der Waals surface area contributed by atoms with Crippen molar-refractivity contribution in [2.75, 3.05) is 20.0 Å². The van der Waals surface area contributed by atoms with E-state index < -0.39 is 0 Å². The SMILES string of the molecule is COc1ccc(OC)c(C(=O)c2cc(N)ccc2Cl)c1. The van der Waals surface area contributed by atoms with E-state index >= 15 is 0 Å². The van der Waals surface area contributed by atoms with E-state index in [9.17, 15) is 4.79 Å². The summed E-state index contributed by atoms with van der Waals surface area (Å²) in [5.74, 6) is 0.751. The molecule has 0 radical (unpaired) electrons. The molecule has 20 heavy (non-hydrogen) atoms. The van der Waals surface area contributed by atoms with Crippen LogP contribution in [0.3, 0.4) is 0 Å². The van der Waals surface area contributed by atoms with Crippen LogP contribution < -0.4 is 15.2 Å². The van der Waals surface area contributed by atoms with Crippen molar-refractivity contribution in [3.8, 4) is 11.5 Å². The van der Waals surface area contributed by atoms with E-state index in [0.717, 1.165) is 0 Å². The van der Waals surface area contributed by atoms with Gasteiger partial charge in [-0.3, -0.25) is 4.79 Å². The number of hydrogen-bond donors (Lipinski definition) is 1. The van der Waals surface area contributed by atoms with Gasteiger partial charge in [0.05, 0.1) is 24.8 Å². The number of anilines is 1. The highest BCUT2D eigenvalue weighted by molar-refractivity contribution is 6.35. The lowest BCUT2D eigenvalue weighted by Gasteiger charge is -2.11. The van der Waals surface area contributed by atoms with Crippen molar-refractivity contribution in [3.05, 3.63) is 52.5 Å². The van der Waals surface area contributed by atoms with E-state index in [-0.39, 0.29) is 5.78 Å². The van der Waals surface area contributed by atoms with Gasteiger partial charge in [0.15, 0.2) is 5.78 Å². The molecule has 4 nitrogen and oxygen atoms in total. The van der Waals surface area contributed by atoms with Gasteiger partial charge in [-0.25, -0.2) is 0 Å². The molecule has 104 valence electrons. The largest absolute Gasteiger partial charge is 0.497 e. The van der Waals surface area contributed by atoms with E-state index in [1.165, 1.54) is 14.2 Å². The Kier molecular flexibility index (Phi) is 4.15. The first kappa shape index (κ1) is 14.2. The summed E-state index contributed by atoms with van der Waals surface area (Å²) in [6.45, 7) is 0. The van der Waals surface area contributed by atoms with E-state index in [4.69, 9.17) is 26.8 Å². The molecular formula is C15H14ClNO3. The van der Waals surface area contributed by atoms with Crippen molar-refractivity contribution in [2.45, 2.75) is 0 Å². The minimum absolute atomic E-state index is 0.266. The normalized spacial score (nSPS) is 10.2. The van der Waals surface area contributed by atoms with Gasteiger partial charge in [-0.2, -0.15) is 0 Å². The number of methoxy groups -OCH3 is 2. The molecule has 0 saturated heterocycles. The first-order valence-corrected chi connectivity index (χ1v) is 6.26. The summed E-state index contributed by atoms with van der Waals surface area (Å²) in [5, 5.41) is 0.342. The zero-order chi connectivity index (χ0) is 14.7. The Morgan fingerprint density at radius 1 is 1.05 bits per heavy atom. The zero-order valence-electron chi connectivity index (χ0n) is 11.1. The summed E-state index contributed by atoms with van der Waals surface area (Å²) >= 11 is 6.06. The molecule has 0 heterocycles. The number of carbonyl (C=O) groups excluding carboxylic acids is 1. The predicted molar refractivity (Wildman–Crippen MR) is 78.8 cm³/mol. The smallest absolute Gasteiger partial charge is 0.198 e. The number of ketones is 1. The van der Waals surface area contributed by atoms with E-state index in [2.05, 4.69) is 0 Å². The maximum atomic E-state index is 12.6. The number of carbonyl (C=O) groups is 1. The molecule has 0 aromatic heterocycles. The van der Waals surface area contributed by atoms with E-state index in [1.807, 2.05) is 0 Å². The van der Waals surface area contributed by atoms with Crippen molar-refractivity contribution in [1.82, 2.24) is 0 Å². The second-order valence-corrected chi connectivity index (χ2v) is 4.54. The Morgan fingerprint density at radius 2 is 1.80 bits per heavy atom. The Labute approximate surface area is 122 Å². The number of hydrogen-bond acceptors (Lipinski definition) is 4. The predicted octanol–water partition coefficient (Wildman–Crippen LogP) is 3.17. The lowest BCUT2D eigenvalue weighted by molar-refractivity contribution is 0.103. The summed E-state index contributed by atoms with van der Waals surface area (Å²) in [6.07, 6.45) is 0. The van der Waals surface area contributed by atoms with Crippen LogP contribution in [0.5, 0.6) is 11.5 Å². The summed E-state index contributed by atoms with van der Waals surface area (Å²) in [5.41, 5.74) is 6.88. The molecule has 2 aromatic rings. The van der Waals surface area contributed by atoms with Crippen LogP contribution in [0.15, 0.2) is 36.4 Å². The van der Waals surface area contributed by atoms with Crippen LogP contribution in [0, 0.1) is 0 Å². The van der Waals surface area contributed by atoms with Gasteiger partial charge in [0.2, 0.25) is 0 Å². The van der Waals surface area contributed by atoms with Crippen molar-refractivity contribution in [3.63, 3.8) is 0 Å². The van der Waals surface area contributed by atoms with Gasteiger partial charge in [0.25, 0.3) is 0 Å². The van der Waals surface area contributed by atoms with Gasteiger partial charge in [-0.05, 0) is 36.4 Å². The monoisotopic (exact) mass is 291 g/mol. The fourth-order valence-corrected chi connectivity index (χ4v) is 2.06. The molecule has 0 aliphatic rings. The summed E-state index contributed by atoms with van der Waals surface area (Å²) in [7, 11) is 3.03. The van der Waals surface area contributed by atoms with Crippen LogP contribution in [0.4, 0.5) is 5.69 Å². The fraction of sp³-hybridized carbons (Fsp3) is 0.133. The third-order valence-corrected chi connectivity index (χ3v) is 3.22. The third kappa shape index (κ3) is 2.70. The van der Waals surface area contributed by atoms with Crippen LogP contribution in [-0.2, 0) is 0 Å². The van der Waals surface area contributed by atoms with Gasteiger partial charge in [-0.15, -0.1) is 0 Å². The summed E-state index contributed by atoms with van der Waals surface area (Å²) in [6, 6.07) is 9.78. The molecule has 0 aliphatic carbocycles. The molecule has 0 aliphatic heterocycles. The lowest BCUT2D eigenvalue weighted by Crippen LogP contribution is -2.06. The van der Waals surface area contributed by atoms with Crippen LogP contribution in [0.25, 0.3) is 0 Å². The molecule has 0 bridgehead atoms. The first-order chi connectivity index (χ1) is 9.56. The van der Waals surface area contributed by atoms with Crippen LogP contribution in [0.1, 0.15) is 15.9 Å². The molecule has 2 rings (SSSR count). The highest BCUT2D eigenvalue weighted by Crippen LogP contribution is 2.29. The van der Waals surface area contributed by atoms with Crippen LogP contribution in [0.2, 0.25) is 5.02 Å². The molecule has 2 aromatic carbocycles. The van der Waals surface area contributed by atoms with Crippen molar-refractivity contribution in [1.29, 1.82) is 0 Å². The standard InChI is InChI=1S/C15H14ClNO3/c1-19-10-4-6-14(20-2)12(8-10)15(18)11-7-9(17)3-5-13(11)16/h3-8H,17H2,1-2H3. The lowest BCUT2D eigenvalue weighted by atomic mass is 10.0. The van der Waals surface area contributed by atoms with Gasteiger partial charge in [0.1, 0.15) is 11.5 Å². The van der Waals surface area contributed by atoms with Crippen molar-refractivity contribution in [2.24, 2.45) is 0 Å². The Balaban J connectivity index is 2.54. The molecular weight excluding hydrogens is 278 g/mol. The molecule has 0 unspecified atom stereocenters. The zero-order valence-corrected chi connectivity index (χ0v) is 11.9. The van der Waals surface area contributed by atoms with Crippen molar-refractivity contribution < 1.29 is 14.3 Å². The maximum absolute atomic E-state index is 12.6. The number of nitrogens with two attached hydrogens (primary N) is 1. The quantitative estimate of drug-likeness (QED) is 0.694. The highest BCUT2D eigenvalue weighted by Gasteiger charge is 2.18. The molecule has 5 heteroatoms. The number of rotatable bonds is 4. The number of halogens is 1. The van der Waals surface area contributed by atoms with E-state index in [0.29, 0.717) is 33.3 Å². The topological polar surface area (TPSA) is 61.5 Å². The molecule has 0 spiro atoms. The molecule has 0 atom stereocenters. The van der Waals surface area contributed by atoms with Crippen LogP contribution in [-0.4, -0.2) is 20.0 Å². The molecule has 0 amide bonds. The number of benzene rings is 2. The Bertz CT molecular complexity index is 656. The van der Waals surface area contributed by atoms with Crippen LogP contribution >= 0.6 is 11.6 Å². The Morgan fingerprint density at radius 3 is 2.45 bits per heavy atom. The molecule has 0 fully saturated rings. The average molecular weight is 292 g/mol. The highest BCUT2D eigenvalue weighted by atomic mass is 35.5. The fourth-order valence-electron chi connectivity index (χ4n) is 1.85. The van der Waals surface area contributed by atoms with Gasteiger partial charge >= 0.3 is 0 Å². The summed E-state index contributed by atoms with van der Waals surface area (Å²) in [4.78, 5) is 12.6. The van der Waals surface area contributed by atoms with Gasteiger partial charge in [-0.1, -0.05) is 11.6 Å². The number of nitrogen functional groups attached to an aromatic ring is 1. The Hall–Kier alpha value is -2.20. The van der Waals surface area contributed by atoms with Crippen molar-refractivity contribution >= 4 is 23.1 Å². The molecule has 0 saturated carbocycles. The summed E-state index contributed by atoms with van der Waals surface area (Å²) < 4.78 is 10.3. The van der Waals surface area contributed by atoms with Gasteiger partial charge in [0, 0.05) is 11.3 Å². The molecule has 2 N–H and O–H groups in total. The third-order valence-electron chi connectivity index (χ3n) is 2.89. The minimum atomic E-state index is -0.266. The maximum Gasteiger partial charge on any atom is 0.198 e. The number of ether oxygens (including phenoxy) is 2. The average Bonchev–Trinajstić information content (AvgIpc) is 2.48. The van der Waals surface area contributed by atoms with Gasteiger partial charge < -0.3 is 15.2 Å².